The molecule has 0 amide bonds. The minimum atomic E-state index is -0.701. The Kier molecular flexibility index (Phi) is 2.47. The molecule has 0 aromatic heterocycles. The maximum absolute atomic E-state index is 13.1. The van der Waals surface area contributed by atoms with Crippen molar-refractivity contribution >= 4 is 5.69 Å². The molecule has 1 aromatic rings. The number of anilines is 1. The second-order valence-corrected chi connectivity index (χ2v) is 2.76. The third-order valence-corrected chi connectivity index (χ3v) is 1.64. The van der Waals surface area contributed by atoms with Crippen LogP contribution in [-0.2, 0) is 0 Å². The van der Waals surface area contributed by atoms with Gasteiger partial charge < -0.3 is 4.90 Å². The van der Waals surface area contributed by atoms with Crippen LogP contribution in [0.15, 0.2) is 12.1 Å². The predicted octanol–water partition coefficient (Wildman–Crippen LogP) is 1.90. The second kappa shape index (κ2) is 3.40. The summed E-state index contributed by atoms with van der Waals surface area (Å²) in [5, 5.41) is 8.59. The summed E-state index contributed by atoms with van der Waals surface area (Å²) < 4.78 is 26.1. The van der Waals surface area contributed by atoms with Gasteiger partial charge in [0.15, 0.2) is 0 Å². The minimum Gasteiger partial charge on any atom is -0.374 e. The van der Waals surface area contributed by atoms with E-state index in [0.717, 1.165) is 12.1 Å². The first kappa shape index (κ1) is 9.46. The number of nitriles is 1. The van der Waals surface area contributed by atoms with Gasteiger partial charge in [0.05, 0.1) is 5.69 Å². The minimum absolute atomic E-state index is 0.0116. The number of rotatable bonds is 1. The molecule has 0 unspecified atom stereocenters. The molecule has 68 valence electrons. The molecule has 0 saturated heterocycles. The topological polar surface area (TPSA) is 27.0 Å². The largest absolute Gasteiger partial charge is 0.374 e. The molecular formula is C9H8F2N2. The molecule has 1 aromatic carbocycles. The Morgan fingerprint density at radius 1 is 1.23 bits per heavy atom. The van der Waals surface area contributed by atoms with Gasteiger partial charge in [-0.2, -0.15) is 5.26 Å². The van der Waals surface area contributed by atoms with Crippen LogP contribution in [0.25, 0.3) is 0 Å². The lowest BCUT2D eigenvalue weighted by Crippen LogP contribution is -2.13. The zero-order chi connectivity index (χ0) is 10.0. The summed E-state index contributed by atoms with van der Waals surface area (Å²) in [5.41, 5.74) is -0.271. The SMILES string of the molecule is CN(C)c1c(F)ccc(F)c1C#N. The smallest absolute Gasteiger partial charge is 0.148 e. The van der Waals surface area contributed by atoms with Gasteiger partial charge in [-0.3, -0.25) is 0 Å². The van der Waals surface area contributed by atoms with E-state index in [1.807, 2.05) is 0 Å². The normalized spacial score (nSPS) is 9.46. The van der Waals surface area contributed by atoms with E-state index < -0.39 is 11.6 Å². The summed E-state index contributed by atoms with van der Waals surface area (Å²) in [6, 6.07) is 3.58. The number of nitrogens with zero attached hydrogens (tertiary/aromatic N) is 2. The van der Waals surface area contributed by atoms with Gasteiger partial charge in [-0.15, -0.1) is 0 Å². The molecule has 2 nitrogen and oxygen atoms in total. The summed E-state index contributed by atoms with van der Waals surface area (Å²) in [5.74, 6) is -1.30. The van der Waals surface area contributed by atoms with Crippen LogP contribution >= 0.6 is 0 Å². The van der Waals surface area contributed by atoms with Crippen molar-refractivity contribution in [2.24, 2.45) is 0 Å². The van der Waals surface area contributed by atoms with E-state index in [2.05, 4.69) is 0 Å². The monoisotopic (exact) mass is 182 g/mol. The van der Waals surface area contributed by atoms with Crippen LogP contribution in [0.3, 0.4) is 0 Å². The molecule has 0 heterocycles. The van der Waals surface area contributed by atoms with Crippen LogP contribution in [0.2, 0.25) is 0 Å². The van der Waals surface area contributed by atoms with Crippen molar-refractivity contribution in [3.05, 3.63) is 29.3 Å². The molecular weight excluding hydrogens is 174 g/mol. The average Bonchev–Trinajstić information content (AvgIpc) is 2.07. The number of hydrogen-bond donors (Lipinski definition) is 0. The fourth-order valence-electron chi connectivity index (χ4n) is 1.08. The Bertz CT molecular complexity index is 367. The Labute approximate surface area is 75.0 Å². The fourth-order valence-corrected chi connectivity index (χ4v) is 1.08. The maximum Gasteiger partial charge on any atom is 0.148 e. The van der Waals surface area contributed by atoms with Crippen molar-refractivity contribution in [1.29, 1.82) is 5.26 Å². The van der Waals surface area contributed by atoms with E-state index in [-0.39, 0.29) is 11.3 Å². The van der Waals surface area contributed by atoms with Crippen LogP contribution in [0.4, 0.5) is 14.5 Å². The highest BCUT2D eigenvalue weighted by molar-refractivity contribution is 5.59. The fraction of sp³-hybridized carbons (Fsp3) is 0.222. The van der Waals surface area contributed by atoms with Gasteiger partial charge in [0, 0.05) is 14.1 Å². The average molecular weight is 182 g/mol. The molecule has 0 fully saturated rings. The van der Waals surface area contributed by atoms with E-state index >= 15 is 0 Å². The van der Waals surface area contributed by atoms with Crippen molar-refractivity contribution < 1.29 is 8.78 Å². The van der Waals surface area contributed by atoms with Crippen molar-refractivity contribution in [2.45, 2.75) is 0 Å². The highest BCUT2D eigenvalue weighted by atomic mass is 19.1. The Morgan fingerprint density at radius 2 is 1.77 bits per heavy atom. The van der Waals surface area contributed by atoms with E-state index in [1.165, 1.54) is 4.90 Å². The van der Waals surface area contributed by atoms with E-state index in [9.17, 15) is 8.78 Å². The summed E-state index contributed by atoms with van der Waals surface area (Å²) in [4.78, 5) is 1.37. The molecule has 13 heavy (non-hydrogen) atoms. The lowest BCUT2D eigenvalue weighted by molar-refractivity contribution is 0.596. The van der Waals surface area contributed by atoms with Crippen LogP contribution in [0.1, 0.15) is 5.56 Å². The molecule has 0 spiro atoms. The Hall–Kier alpha value is -1.63. The van der Waals surface area contributed by atoms with E-state index in [1.54, 1.807) is 20.2 Å². The molecule has 0 N–H and O–H groups in total. The van der Waals surface area contributed by atoms with E-state index in [4.69, 9.17) is 5.26 Å². The van der Waals surface area contributed by atoms with Gasteiger partial charge in [-0.1, -0.05) is 0 Å². The lowest BCUT2D eigenvalue weighted by atomic mass is 10.1. The summed E-state index contributed by atoms with van der Waals surface area (Å²) >= 11 is 0. The highest BCUT2D eigenvalue weighted by Gasteiger charge is 2.14. The molecule has 0 aliphatic rings. The number of halogens is 2. The van der Waals surface area contributed by atoms with E-state index in [0.29, 0.717) is 0 Å². The first-order chi connectivity index (χ1) is 6.07. The zero-order valence-corrected chi connectivity index (χ0v) is 7.31. The first-order valence-electron chi connectivity index (χ1n) is 3.63. The van der Waals surface area contributed by atoms with Gasteiger partial charge in [0.1, 0.15) is 23.3 Å². The lowest BCUT2D eigenvalue weighted by Gasteiger charge is -2.14. The Morgan fingerprint density at radius 3 is 2.15 bits per heavy atom. The number of benzene rings is 1. The molecule has 0 aliphatic heterocycles. The van der Waals surface area contributed by atoms with Crippen LogP contribution in [0, 0.1) is 23.0 Å². The first-order valence-corrected chi connectivity index (χ1v) is 3.63. The Balaban J connectivity index is 3.46. The third-order valence-electron chi connectivity index (χ3n) is 1.64. The molecule has 0 atom stereocenters. The van der Waals surface area contributed by atoms with Gasteiger partial charge in [-0.25, -0.2) is 8.78 Å². The molecule has 1 rings (SSSR count). The maximum atomic E-state index is 13.1. The van der Waals surface area contributed by atoms with Gasteiger partial charge >= 0.3 is 0 Å². The molecule has 4 heteroatoms. The van der Waals surface area contributed by atoms with Crippen molar-refractivity contribution in [1.82, 2.24) is 0 Å². The van der Waals surface area contributed by atoms with Crippen LogP contribution in [-0.4, -0.2) is 14.1 Å². The summed E-state index contributed by atoms with van der Waals surface area (Å²) in [6.07, 6.45) is 0. The van der Waals surface area contributed by atoms with Crippen molar-refractivity contribution in [3.8, 4) is 6.07 Å². The van der Waals surface area contributed by atoms with Crippen LogP contribution in [0.5, 0.6) is 0 Å². The summed E-state index contributed by atoms with van der Waals surface area (Å²) in [6.45, 7) is 0. The van der Waals surface area contributed by atoms with Gasteiger partial charge in [-0.05, 0) is 12.1 Å². The van der Waals surface area contributed by atoms with Gasteiger partial charge in [0.2, 0.25) is 0 Å². The molecule has 0 bridgehead atoms. The third kappa shape index (κ3) is 1.59. The van der Waals surface area contributed by atoms with Crippen LogP contribution < -0.4 is 4.90 Å². The molecule has 0 aliphatic carbocycles. The summed E-state index contributed by atoms with van der Waals surface area (Å²) in [7, 11) is 3.11. The van der Waals surface area contributed by atoms with Crippen molar-refractivity contribution in [3.63, 3.8) is 0 Å². The molecule has 0 saturated carbocycles. The molecule has 0 radical (unpaired) electrons. The highest BCUT2D eigenvalue weighted by Crippen LogP contribution is 2.24. The van der Waals surface area contributed by atoms with Gasteiger partial charge in [0.25, 0.3) is 0 Å². The predicted molar refractivity (Wildman–Crippen MR) is 45.4 cm³/mol. The quantitative estimate of drug-likeness (QED) is 0.663. The van der Waals surface area contributed by atoms with Crippen molar-refractivity contribution in [2.75, 3.05) is 19.0 Å². The standard InChI is InChI=1S/C9H8F2N2/c1-13(2)9-6(5-12)7(10)3-4-8(9)11/h3-4H,1-2H3. The zero-order valence-electron chi connectivity index (χ0n) is 7.31. The second-order valence-electron chi connectivity index (χ2n) is 2.76. The number of hydrogen-bond acceptors (Lipinski definition) is 2.